The van der Waals surface area contributed by atoms with Crippen LogP contribution in [0.4, 0.5) is 28.9 Å². The second-order valence-corrected chi connectivity index (χ2v) is 11.1. The minimum atomic E-state index is -2.71. The smallest absolute Gasteiger partial charge is 0.340 e. The lowest BCUT2D eigenvalue weighted by molar-refractivity contribution is -0.0268. The average molecular weight is 509 g/mol. The number of anilines is 2. The number of nitrogens with zero attached hydrogens (tertiary/aromatic N) is 2. The molecule has 190 valence electrons. The van der Waals surface area contributed by atoms with Gasteiger partial charge in [-0.2, -0.15) is 0 Å². The van der Waals surface area contributed by atoms with E-state index in [2.05, 4.69) is 0 Å². The molecule has 0 saturated carbocycles. The van der Waals surface area contributed by atoms with Gasteiger partial charge >= 0.3 is 5.97 Å². The van der Waals surface area contributed by atoms with Crippen LogP contribution in [0.2, 0.25) is 0 Å². The largest absolute Gasteiger partial charge is 0.441 e. The van der Waals surface area contributed by atoms with Gasteiger partial charge in [0.05, 0.1) is 31.7 Å². The van der Waals surface area contributed by atoms with Gasteiger partial charge in [-0.25, -0.2) is 22.4 Å². The monoisotopic (exact) mass is 508 g/mol. The lowest BCUT2D eigenvalue weighted by Gasteiger charge is -2.47. The first-order valence-corrected chi connectivity index (χ1v) is 12.3. The van der Waals surface area contributed by atoms with Gasteiger partial charge in [-0.3, -0.25) is 0 Å². The maximum atomic E-state index is 13.7. The van der Waals surface area contributed by atoms with Gasteiger partial charge in [-0.05, 0) is 41.5 Å². The summed E-state index contributed by atoms with van der Waals surface area (Å²) in [5, 5.41) is 0. The van der Waals surface area contributed by atoms with Crippen molar-refractivity contribution in [2.75, 3.05) is 36.0 Å². The average Bonchev–Trinajstić information content (AvgIpc) is 3.12. The third-order valence-electron chi connectivity index (χ3n) is 8.30. The van der Waals surface area contributed by atoms with Crippen LogP contribution < -0.4 is 9.80 Å². The van der Waals surface area contributed by atoms with E-state index in [1.165, 1.54) is 0 Å². The Hall–Kier alpha value is -3.55. The van der Waals surface area contributed by atoms with Crippen LogP contribution in [0.5, 0.6) is 0 Å². The van der Waals surface area contributed by atoms with Crippen LogP contribution in [0.25, 0.3) is 0 Å². The normalized spacial score (nSPS) is 22.9. The molecule has 0 aromatic heterocycles. The number of rotatable bonds is 2. The first-order valence-electron chi connectivity index (χ1n) is 12.3. The second-order valence-electron chi connectivity index (χ2n) is 11.1. The second kappa shape index (κ2) is 6.85. The van der Waals surface area contributed by atoms with Crippen LogP contribution >= 0.6 is 0 Å². The summed E-state index contributed by atoms with van der Waals surface area (Å²) in [6.07, 6.45) is 0. The van der Waals surface area contributed by atoms with Crippen molar-refractivity contribution < 1.29 is 27.1 Å². The van der Waals surface area contributed by atoms with Crippen molar-refractivity contribution in [1.82, 2.24) is 0 Å². The molecular formula is C29H24F4N2O2. The molecule has 37 heavy (non-hydrogen) atoms. The van der Waals surface area contributed by atoms with E-state index in [-0.39, 0.29) is 26.2 Å². The van der Waals surface area contributed by atoms with E-state index in [0.29, 0.717) is 22.5 Å². The molecule has 1 aliphatic carbocycles. The Morgan fingerprint density at radius 1 is 0.676 bits per heavy atom. The highest BCUT2D eigenvalue weighted by Gasteiger charge is 2.56. The Morgan fingerprint density at radius 2 is 1.16 bits per heavy atom. The van der Waals surface area contributed by atoms with Crippen molar-refractivity contribution in [1.29, 1.82) is 0 Å². The lowest BCUT2D eigenvalue weighted by Crippen LogP contribution is -2.56. The quantitative estimate of drug-likeness (QED) is 0.329. The predicted molar refractivity (Wildman–Crippen MR) is 131 cm³/mol. The molecule has 0 atom stereocenters. The SMILES string of the molecule is CC1(C)c2cc(N3CC(F)(F)C3)ccc2C2(OC(=O)c3ccccc32)c2ccc(N3CC(F)(F)C3)cc21. The van der Waals surface area contributed by atoms with E-state index >= 15 is 0 Å². The molecule has 2 saturated heterocycles. The van der Waals surface area contributed by atoms with Gasteiger partial charge in [0.15, 0.2) is 5.60 Å². The Balaban J connectivity index is 1.45. The first-order chi connectivity index (χ1) is 17.4. The number of ether oxygens (including phenoxy) is 1. The molecule has 3 heterocycles. The molecule has 3 aromatic rings. The third kappa shape index (κ3) is 2.98. The summed E-state index contributed by atoms with van der Waals surface area (Å²) < 4.78 is 60.9. The van der Waals surface area contributed by atoms with Crippen LogP contribution in [0.15, 0.2) is 60.7 Å². The molecule has 4 nitrogen and oxygen atoms in total. The fourth-order valence-corrected chi connectivity index (χ4v) is 6.40. The van der Waals surface area contributed by atoms with Gasteiger partial charge in [0.25, 0.3) is 11.8 Å². The number of carbonyl (C=O) groups excluding carboxylic acids is 1. The van der Waals surface area contributed by atoms with E-state index in [1.54, 1.807) is 21.9 Å². The van der Waals surface area contributed by atoms with E-state index < -0.39 is 28.8 Å². The van der Waals surface area contributed by atoms with E-state index in [1.807, 2.05) is 62.4 Å². The summed E-state index contributed by atoms with van der Waals surface area (Å²) in [4.78, 5) is 16.4. The summed E-state index contributed by atoms with van der Waals surface area (Å²) >= 11 is 0. The third-order valence-corrected chi connectivity index (χ3v) is 8.30. The minimum absolute atomic E-state index is 0.348. The van der Waals surface area contributed by atoms with Gasteiger partial charge in [0, 0.05) is 33.5 Å². The molecule has 1 spiro atoms. The first kappa shape index (κ1) is 22.6. The molecule has 0 unspecified atom stereocenters. The number of carbonyl (C=O) groups is 1. The molecule has 0 bridgehead atoms. The Labute approximate surface area is 211 Å². The number of benzene rings is 3. The number of alkyl halides is 4. The summed E-state index contributed by atoms with van der Waals surface area (Å²) in [6, 6.07) is 18.4. The number of hydrogen-bond acceptors (Lipinski definition) is 4. The van der Waals surface area contributed by atoms with Crippen molar-refractivity contribution in [3.05, 3.63) is 94.0 Å². The zero-order valence-electron chi connectivity index (χ0n) is 20.3. The molecule has 0 N–H and O–H groups in total. The van der Waals surface area contributed by atoms with Gasteiger partial charge in [-0.1, -0.05) is 44.2 Å². The fourth-order valence-electron chi connectivity index (χ4n) is 6.40. The van der Waals surface area contributed by atoms with E-state index in [9.17, 15) is 22.4 Å². The summed E-state index contributed by atoms with van der Waals surface area (Å²) in [7, 11) is 0. The molecule has 4 aliphatic rings. The summed E-state index contributed by atoms with van der Waals surface area (Å²) in [6.45, 7) is 2.67. The number of fused-ring (bicyclic) bond motifs is 6. The van der Waals surface area contributed by atoms with Crippen molar-refractivity contribution in [2.24, 2.45) is 0 Å². The summed E-state index contributed by atoms with van der Waals surface area (Å²) in [5.74, 6) is -5.87. The maximum absolute atomic E-state index is 13.7. The molecule has 0 amide bonds. The minimum Gasteiger partial charge on any atom is -0.441 e. The highest BCUT2D eigenvalue weighted by molar-refractivity contribution is 5.97. The van der Waals surface area contributed by atoms with Crippen LogP contribution in [0, 0.1) is 0 Å². The number of hydrogen-bond donors (Lipinski definition) is 0. The van der Waals surface area contributed by atoms with Gasteiger partial charge < -0.3 is 14.5 Å². The zero-order valence-corrected chi connectivity index (χ0v) is 20.3. The van der Waals surface area contributed by atoms with E-state index in [4.69, 9.17) is 4.74 Å². The van der Waals surface area contributed by atoms with Crippen LogP contribution in [0.1, 0.15) is 52.0 Å². The van der Waals surface area contributed by atoms with Crippen LogP contribution in [0.3, 0.4) is 0 Å². The molecule has 3 aliphatic heterocycles. The number of halogens is 4. The van der Waals surface area contributed by atoms with Crippen molar-refractivity contribution in [2.45, 2.75) is 36.7 Å². The molecule has 2 fully saturated rings. The zero-order chi connectivity index (χ0) is 26.0. The van der Waals surface area contributed by atoms with Crippen LogP contribution in [-0.4, -0.2) is 44.0 Å². The predicted octanol–water partition coefficient (Wildman–Crippen LogP) is 5.70. The lowest BCUT2D eigenvalue weighted by atomic mass is 9.61. The molecular weight excluding hydrogens is 484 g/mol. The van der Waals surface area contributed by atoms with Crippen molar-refractivity contribution in [3.63, 3.8) is 0 Å². The van der Waals surface area contributed by atoms with Gasteiger partial charge in [0.1, 0.15) is 0 Å². The van der Waals surface area contributed by atoms with E-state index in [0.717, 1.165) is 22.3 Å². The topological polar surface area (TPSA) is 32.8 Å². The van der Waals surface area contributed by atoms with Crippen molar-refractivity contribution in [3.8, 4) is 0 Å². The van der Waals surface area contributed by atoms with Crippen LogP contribution in [-0.2, 0) is 15.8 Å². The Bertz CT molecular complexity index is 1410. The molecule has 0 radical (unpaired) electrons. The molecule has 7 rings (SSSR count). The highest BCUT2D eigenvalue weighted by Crippen LogP contribution is 2.57. The molecule has 3 aromatic carbocycles. The Kier molecular flexibility index (Phi) is 4.19. The fraction of sp³-hybridized carbons (Fsp3) is 0.345. The van der Waals surface area contributed by atoms with Gasteiger partial charge in [0.2, 0.25) is 0 Å². The highest BCUT2D eigenvalue weighted by atomic mass is 19.3. The summed E-state index contributed by atoms with van der Waals surface area (Å²) in [5.41, 5.74) is 3.95. The number of esters is 1. The standard InChI is InChI=1S/C29H24F4N2O2/c1-26(2)23-11-17(34-13-27(30,31)14-34)7-9-21(23)29(20-6-4-3-5-19(20)25(36)37-29)22-10-8-18(12-24(22)26)35-15-28(32,33)16-35/h3-12H,13-16H2,1-2H3. The Morgan fingerprint density at radius 3 is 1.65 bits per heavy atom. The molecule has 8 heteroatoms. The van der Waals surface area contributed by atoms with Crippen molar-refractivity contribution >= 4 is 17.3 Å². The maximum Gasteiger partial charge on any atom is 0.340 e. The van der Waals surface area contributed by atoms with Gasteiger partial charge in [-0.15, -0.1) is 0 Å².